The van der Waals surface area contributed by atoms with Crippen molar-refractivity contribution in [3.05, 3.63) is 0 Å². The van der Waals surface area contributed by atoms with Crippen molar-refractivity contribution < 1.29 is 17.7 Å². The largest absolute Gasteiger partial charge is 0.679 e. The summed E-state index contributed by atoms with van der Waals surface area (Å²) in [5, 5.41) is 0. The Kier molecular flexibility index (Phi) is 18.9. The van der Waals surface area contributed by atoms with Crippen LogP contribution in [0, 0.1) is 0 Å². The van der Waals surface area contributed by atoms with E-state index in [2.05, 4.69) is 13.8 Å². The first-order chi connectivity index (χ1) is 12.2. The van der Waals surface area contributed by atoms with Gasteiger partial charge in [0.1, 0.15) is 0 Å². The van der Waals surface area contributed by atoms with Crippen LogP contribution in [0.15, 0.2) is 0 Å². The molecule has 0 N–H and O–H groups in total. The van der Waals surface area contributed by atoms with E-state index in [1.165, 1.54) is 77.0 Å². The zero-order chi connectivity index (χ0) is 18.6. The van der Waals surface area contributed by atoms with Gasteiger partial charge in [0, 0.05) is 27.4 Å². The molecule has 0 aliphatic rings. The molecule has 0 saturated carbocycles. The van der Waals surface area contributed by atoms with Crippen molar-refractivity contribution in [3.63, 3.8) is 0 Å². The molecule has 0 rings (SSSR count). The van der Waals surface area contributed by atoms with Crippen LogP contribution in [0.1, 0.15) is 104 Å². The van der Waals surface area contributed by atoms with E-state index >= 15 is 0 Å². The summed E-state index contributed by atoms with van der Waals surface area (Å²) in [7, 11) is 0.355. The average molecular weight is 377 g/mol. The quantitative estimate of drug-likeness (QED) is 0.186. The molecule has 4 nitrogen and oxygen atoms in total. The smallest absolute Gasteiger partial charge is 0.355 e. The van der Waals surface area contributed by atoms with Gasteiger partial charge in [-0.2, -0.15) is 0 Å². The lowest BCUT2D eigenvalue weighted by molar-refractivity contribution is -0.0105. The molecule has 0 aromatic carbocycles. The molecule has 0 atom stereocenters. The first-order valence-corrected chi connectivity index (χ1v) is 12.3. The molecule has 5 heteroatoms. The van der Waals surface area contributed by atoms with Gasteiger partial charge in [-0.25, -0.2) is 0 Å². The van der Waals surface area contributed by atoms with Crippen LogP contribution < -0.4 is 0 Å². The summed E-state index contributed by atoms with van der Waals surface area (Å²) in [4.78, 5) is 0. The molecule has 152 valence electrons. The zero-order valence-electron chi connectivity index (χ0n) is 17.4. The Morgan fingerprint density at radius 2 is 0.800 bits per heavy atom. The minimum Gasteiger partial charge on any atom is -0.355 e. The van der Waals surface area contributed by atoms with Crippen LogP contribution in [0.5, 0.6) is 0 Å². The Morgan fingerprint density at radius 3 is 1.12 bits per heavy atom. The molecule has 25 heavy (non-hydrogen) atoms. The lowest BCUT2D eigenvalue weighted by atomic mass is 10.1. The Bertz CT molecular complexity index is 238. The minimum atomic E-state index is -2.91. The molecule has 0 spiro atoms. The number of hydrogen-bond acceptors (Lipinski definition) is 4. The van der Waals surface area contributed by atoms with E-state index < -0.39 is 9.05 Å². The minimum absolute atomic E-state index is 0.665. The summed E-state index contributed by atoms with van der Waals surface area (Å²) in [6.45, 7) is 5.83. The van der Waals surface area contributed by atoms with Crippen molar-refractivity contribution in [1.82, 2.24) is 0 Å². The van der Waals surface area contributed by atoms with Gasteiger partial charge in [-0.15, -0.1) is 0 Å². The molecule has 0 fully saturated rings. The van der Waals surface area contributed by atoms with Crippen molar-refractivity contribution in [2.24, 2.45) is 0 Å². The van der Waals surface area contributed by atoms with Crippen LogP contribution in [0.3, 0.4) is 0 Å². The summed E-state index contributed by atoms with van der Waals surface area (Å²) >= 11 is 0. The third kappa shape index (κ3) is 14.9. The standard InChI is InChI=1S/C20H44O4Si/c1-5-7-9-11-13-15-17-19-23-25(21-3,22-4)24-20-18-16-14-12-10-8-6-2/h5-20H2,1-4H3. The summed E-state index contributed by atoms with van der Waals surface area (Å²) in [6, 6.07) is 0. The fourth-order valence-corrected chi connectivity index (χ4v) is 4.38. The highest BCUT2D eigenvalue weighted by Gasteiger charge is 2.43. The predicted molar refractivity (Wildman–Crippen MR) is 108 cm³/mol. The highest BCUT2D eigenvalue weighted by molar-refractivity contribution is 6.53. The van der Waals surface area contributed by atoms with Gasteiger partial charge in [0.25, 0.3) is 0 Å². The highest BCUT2D eigenvalue weighted by atomic mass is 28.4. The maximum Gasteiger partial charge on any atom is 0.679 e. The van der Waals surface area contributed by atoms with Gasteiger partial charge < -0.3 is 17.7 Å². The van der Waals surface area contributed by atoms with Crippen molar-refractivity contribution in [2.75, 3.05) is 27.4 Å². The number of hydrogen-bond donors (Lipinski definition) is 0. The van der Waals surface area contributed by atoms with E-state index in [1.54, 1.807) is 14.2 Å². The molecular formula is C20H44O4Si. The van der Waals surface area contributed by atoms with E-state index in [0.29, 0.717) is 13.2 Å². The summed E-state index contributed by atoms with van der Waals surface area (Å²) in [5.74, 6) is 0. The molecule has 0 amide bonds. The third-order valence-electron chi connectivity index (χ3n) is 4.55. The fraction of sp³-hybridized carbons (Fsp3) is 1.00. The average Bonchev–Trinajstić information content (AvgIpc) is 2.64. The Hall–Kier alpha value is 0.0569. The molecule has 0 radical (unpaired) electrons. The number of rotatable bonds is 20. The van der Waals surface area contributed by atoms with Crippen molar-refractivity contribution in [3.8, 4) is 0 Å². The van der Waals surface area contributed by atoms with E-state index in [-0.39, 0.29) is 0 Å². The normalized spacial score (nSPS) is 12.0. The molecule has 0 aliphatic heterocycles. The summed E-state index contributed by atoms with van der Waals surface area (Å²) < 4.78 is 22.7. The molecule has 0 bridgehead atoms. The van der Waals surface area contributed by atoms with Crippen LogP contribution in [0.2, 0.25) is 0 Å². The molecule has 0 saturated heterocycles. The van der Waals surface area contributed by atoms with E-state index in [4.69, 9.17) is 17.7 Å². The topological polar surface area (TPSA) is 36.9 Å². The second-order valence-corrected chi connectivity index (χ2v) is 9.24. The molecule has 0 aliphatic carbocycles. The van der Waals surface area contributed by atoms with Gasteiger partial charge in [-0.3, -0.25) is 0 Å². The van der Waals surface area contributed by atoms with Crippen LogP contribution in [0.4, 0.5) is 0 Å². The van der Waals surface area contributed by atoms with Gasteiger partial charge in [0.15, 0.2) is 0 Å². The van der Waals surface area contributed by atoms with Crippen LogP contribution in [-0.4, -0.2) is 36.5 Å². The Labute approximate surface area is 158 Å². The van der Waals surface area contributed by atoms with Gasteiger partial charge in [-0.1, -0.05) is 90.9 Å². The van der Waals surface area contributed by atoms with Gasteiger partial charge in [-0.05, 0) is 12.8 Å². The molecule has 0 unspecified atom stereocenters. The van der Waals surface area contributed by atoms with Crippen LogP contribution in [0.25, 0.3) is 0 Å². The molecular weight excluding hydrogens is 332 g/mol. The fourth-order valence-electron chi connectivity index (χ4n) is 2.87. The number of unbranched alkanes of at least 4 members (excludes halogenated alkanes) is 12. The molecule has 0 aromatic rings. The predicted octanol–water partition coefficient (Wildman–Crippen LogP) is 6.25. The summed E-state index contributed by atoms with van der Waals surface area (Å²) in [5.41, 5.74) is 0. The lowest BCUT2D eigenvalue weighted by Gasteiger charge is -2.25. The maximum atomic E-state index is 5.89. The van der Waals surface area contributed by atoms with E-state index in [9.17, 15) is 0 Å². The SMILES string of the molecule is CCCCCCCCCO[Si](OC)(OC)OCCCCCCCCC. The van der Waals surface area contributed by atoms with Crippen molar-refractivity contribution in [1.29, 1.82) is 0 Å². The van der Waals surface area contributed by atoms with Crippen molar-refractivity contribution in [2.45, 2.75) is 104 Å². The third-order valence-corrected chi connectivity index (χ3v) is 6.67. The van der Waals surface area contributed by atoms with Crippen LogP contribution >= 0.6 is 0 Å². The van der Waals surface area contributed by atoms with Gasteiger partial charge in [0.05, 0.1) is 0 Å². The second-order valence-electron chi connectivity index (χ2n) is 6.85. The van der Waals surface area contributed by atoms with Gasteiger partial charge >= 0.3 is 9.05 Å². The van der Waals surface area contributed by atoms with E-state index in [0.717, 1.165) is 12.8 Å². The second kappa shape index (κ2) is 18.8. The Morgan fingerprint density at radius 1 is 0.480 bits per heavy atom. The maximum absolute atomic E-state index is 5.89. The molecule has 0 aromatic heterocycles. The first kappa shape index (κ1) is 25.1. The van der Waals surface area contributed by atoms with E-state index in [1.807, 2.05) is 0 Å². The first-order valence-electron chi connectivity index (χ1n) is 10.6. The Balaban J connectivity index is 3.70. The summed E-state index contributed by atoms with van der Waals surface area (Å²) in [6.07, 6.45) is 17.8. The van der Waals surface area contributed by atoms with Crippen molar-refractivity contribution >= 4 is 9.05 Å². The zero-order valence-corrected chi connectivity index (χ0v) is 18.4. The lowest BCUT2D eigenvalue weighted by Crippen LogP contribution is -2.47. The van der Waals surface area contributed by atoms with Crippen LogP contribution in [-0.2, 0) is 17.7 Å². The monoisotopic (exact) mass is 376 g/mol. The molecule has 0 heterocycles. The highest BCUT2D eigenvalue weighted by Crippen LogP contribution is 2.14. The van der Waals surface area contributed by atoms with Gasteiger partial charge in [0.2, 0.25) is 0 Å².